The van der Waals surface area contributed by atoms with Crippen molar-refractivity contribution in [1.29, 1.82) is 0 Å². The fourth-order valence-corrected chi connectivity index (χ4v) is 5.92. The van der Waals surface area contributed by atoms with Crippen LogP contribution < -0.4 is 0 Å². The third-order valence-electron chi connectivity index (χ3n) is 7.34. The van der Waals surface area contributed by atoms with Crippen molar-refractivity contribution in [1.82, 2.24) is 19.6 Å². The zero-order valence-corrected chi connectivity index (χ0v) is 16.9. The predicted molar refractivity (Wildman–Crippen MR) is 102 cm³/mol. The van der Waals surface area contributed by atoms with Crippen molar-refractivity contribution in [3.63, 3.8) is 0 Å². The Labute approximate surface area is 174 Å². The zero-order valence-electron chi connectivity index (χ0n) is 16.9. The molecule has 10 nitrogen and oxygen atoms in total. The summed E-state index contributed by atoms with van der Waals surface area (Å²) in [5.41, 5.74) is 0. The lowest BCUT2D eigenvalue weighted by Crippen LogP contribution is -2.60. The highest BCUT2D eigenvalue weighted by Gasteiger charge is 2.52. The van der Waals surface area contributed by atoms with Crippen LogP contribution in [0.15, 0.2) is 0 Å². The maximum Gasteiger partial charge on any atom is 0.246 e. The number of hydrogen-bond acceptors (Lipinski definition) is 6. The van der Waals surface area contributed by atoms with Crippen LogP contribution in [-0.4, -0.2) is 116 Å². The lowest BCUT2D eigenvalue weighted by Gasteiger charge is -2.38. The fourth-order valence-electron chi connectivity index (χ4n) is 5.92. The van der Waals surface area contributed by atoms with Crippen LogP contribution in [0.25, 0.3) is 0 Å². The van der Waals surface area contributed by atoms with Gasteiger partial charge in [-0.25, -0.2) is 0 Å². The SMILES string of the molecule is O=C1[C@@H]2C[C@@H](O)CN2C(=O)[C@H]2CCCN2C(=O)[C@@H]2C[C@@H](O)CN2C(=O)[C@H]2CCCN12. The molecule has 5 aliphatic heterocycles. The molecule has 5 rings (SSSR count). The van der Waals surface area contributed by atoms with Crippen LogP contribution >= 0.6 is 0 Å². The molecule has 0 bridgehead atoms. The number of aliphatic hydroxyl groups excluding tert-OH is 2. The monoisotopic (exact) mass is 420 g/mol. The molecule has 164 valence electrons. The van der Waals surface area contributed by atoms with Gasteiger partial charge in [0, 0.05) is 39.0 Å². The van der Waals surface area contributed by atoms with Gasteiger partial charge >= 0.3 is 0 Å². The molecular formula is C20H28N4O6. The van der Waals surface area contributed by atoms with Gasteiger partial charge in [0.2, 0.25) is 23.6 Å². The molecule has 0 spiro atoms. The molecule has 6 atom stereocenters. The van der Waals surface area contributed by atoms with Crippen molar-refractivity contribution in [3.05, 3.63) is 0 Å². The van der Waals surface area contributed by atoms with E-state index in [1.54, 1.807) is 0 Å². The van der Waals surface area contributed by atoms with Gasteiger partial charge in [0.05, 0.1) is 12.2 Å². The number of rotatable bonds is 0. The maximum atomic E-state index is 13.4. The first kappa shape index (κ1) is 19.7. The van der Waals surface area contributed by atoms with Gasteiger partial charge in [0.1, 0.15) is 24.2 Å². The van der Waals surface area contributed by atoms with E-state index in [1.807, 2.05) is 0 Å². The average Bonchev–Trinajstić information content (AvgIpc) is 3.49. The molecule has 5 heterocycles. The van der Waals surface area contributed by atoms with Gasteiger partial charge < -0.3 is 29.8 Å². The first-order chi connectivity index (χ1) is 14.4. The summed E-state index contributed by atoms with van der Waals surface area (Å²) in [4.78, 5) is 59.5. The number of carbonyl (C=O) groups is 4. The van der Waals surface area contributed by atoms with E-state index >= 15 is 0 Å². The van der Waals surface area contributed by atoms with Gasteiger partial charge in [0.15, 0.2) is 0 Å². The summed E-state index contributed by atoms with van der Waals surface area (Å²) >= 11 is 0. The quantitative estimate of drug-likeness (QED) is 0.463. The minimum absolute atomic E-state index is 0.0640. The van der Waals surface area contributed by atoms with Crippen LogP contribution in [0.5, 0.6) is 0 Å². The molecule has 5 fully saturated rings. The number of nitrogens with zero attached hydrogens (tertiary/aromatic N) is 4. The number of amides is 4. The van der Waals surface area contributed by atoms with E-state index in [2.05, 4.69) is 0 Å². The van der Waals surface area contributed by atoms with Crippen molar-refractivity contribution in [2.75, 3.05) is 26.2 Å². The first-order valence-electron chi connectivity index (χ1n) is 10.9. The highest BCUT2D eigenvalue weighted by atomic mass is 16.3. The molecule has 0 aromatic carbocycles. The summed E-state index contributed by atoms with van der Waals surface area (Å²) in [5, 5.41) is 20.5. The third-order valence-corrected chi connectivity index (χ3v) is 7.34. The molecule has 0 unspecified atom stereocenters. The highest BCUT2D eigenvalue weighted by Crippen LogP contribution is 2.33. The van der Waals surface area contributed by atoms with Gasteiger partial charge in [-0.2, -0.15) is 0 Å². The Hall–Kier alpha value is -2.20. The van der Waals surface area contributed by atoms with Crippen LogP contribution in [0.4, 0.5) is 0 Å². The summed E-state index contributed by atoms with van der Waals surface area (Å²) in [6.45, 7) is 0.950. The Morgan fingerprint density at radius 1 is 0.567 bits per heavy atom. The van der Waals surface area contributed by atoms with Gasteiger partial charge in [-0.15, -0.1) is 0 Å². The second-order valence-corrected chi connectivity index (χ2v) is 9.17. The predicted octanol–water partition coefficient (Wildman–Crippen LogP) is -2.09. The molecule has 0 radical (unpaired) electrons. The number of aliphatic hydroxyl groups is 2. The first-order valence-corrected chi connectivity index (χ1v) is 10.9. The van der Waals surface area contributed by atoms with Crippen molar-refractivity contribution in [2.45, 2.75) is 74.9 Å². The van der Waals surface area contributed by atoms with Gasteiger partial charge in [-0.05, 0) is 25.7 Å². The number of carbonyl (C=O) groups excluding carboxylic acids is 4. The molecule has 0 saturated carbocycles. The van der Waals surface area contributed by atoms with Crippen molar-refractivity contribution in [2.24, 2.45) is 0 Å². The Bertz CT molecular complexity index is 665. The molecule has 4 amide bonds. The van der Waals surface area contributed by atoms with E-state index in [9.17, 15) is 29.4 Å². The van der Waals surface area contributed by atoms with E-state index in [4.69, 9.17) is 0 Å². The van der Waals surface area contributed by atoms with Crippen LogP contribution in [0.1, 0.15) is 38.5 Å². The molecule has 30 heavy (non-hydrogen) atoms. The second kappa shape index (κ2) is 7.19. The molecule has 5 aliphatic rings. The Kier molecular flexibility index (Phi) is 4.73. The Balaban J connectivity index is 1.57. The summed E-state index contributed by atoms with van der Waals surface area (Å²) in [6, 6.07) is -3.00. The summed E-state index contributed by atoms with van der Waals surface area (Å²) < 4.78 is 0. The second-order valence-electron chi connectivity index (χ2n) is 9.17. The zero-order chi connectivity index (χ0) is 21.2. The van der Waals surface area contributed by atoms with E-state index in [1.165, 1.54) is 19.6 Å². The van der Waals surface area contributed by atoms with Crippen molar-refractivity contribution >= 4 is 23.6 Å². The van der Waals surface area contributed by atoms with Gasteiger partial charge in [0.25, 0.3) is 0 Å². The number of hydrogen-bond donors (Lipinski definition) is 2. The van der Waals surface area contributed by atoms with Crippen LogP contribution in [0, 0.1) is 0 Å². The van der Waals surface area contributed by atoms with Gasteiger partial charge in [-0.1, -0.05) is 0 Å². The summed E-state index contributed by atoms with van der Waals surface area (Å²) in [7, 11) is 0. The van der Waals surface area contributed by atoms with Crippen LogP contribution in [-0.2, 0) is 19.2 Å². The highest BCUT2D eigenvalue weighted by molar-refractivity contribution is 5.98. The molecule has 0 aliphatic carbocycles. The summed E-state index contributed by atoms with van der Waals surface area (Å²) in [6.07, 6.45) is 1.01. The fraction of sp³-hybridized carbons (Fsp3) is 0.800. The summed E-state index contributed by atoms with van der Waals surface area (Å²) in [5.74, 6) is -1.21. The van der Waals surface area contributed by atoms with Crippen molar-refractivity contribution < 1.29 is 29.4 Å². The molecular weight excluding hydrogens is 392 g/mol. The Morgan fingerprint density at radius 2 is 0.933 bits per heavy atom. The van der Waals surface area contributed by atoms with E-state index in [0.717, 1.165) is 0 Å². The topological polar surface area (TPSA) is 122 Å². The number of fused-ring (bicyclic) bond motifs is 4. The lowest BCUT2D eigenvalue weighted by atomic mass is 10.1. The standard InChI is InChI=1S/C20H28N4O6/c25-11-7-15-19(29)21-5-1-3-13(21)17(27)23-9-12(26)8-16(23)20(30)22-6-2-4-14(22)18(28)24(15)10-11/h11-16,25-26H,1-10H2/t11-,12-,13-,14-,15+,16+/m1/s1. The molecule has 10 heteroatoms. The minimum atomic E-state index is -0.808. The van der Waals surface area contributed by atoms with Crippen molar-refractivity contribution in [3.8, 4) is 0 Å². The van der Waals surface area contributed by atoms with E-state index < -0.39 is 36.4 Å². The smallest absolute Gasteiger partial charge is 0.246 e. The largest absolute Gasteiger partial charge is 0.391 e. The van der Waals surface area contributed by atoms with E-state index in [-0.39, 0.29) is 49.6 Å². The molecule has 0 aromatic heterocycles. The maximum absolute atomic E-state index is 13.4. The van der Waals surface area contributed by atoms with Gasteiger partial charge in [-0.3, -0.25) is 19.2 Å². The van der Waals surface area contributed by atoms with Crippen LogP contribution in [0.2, 0.25) is 0 Å². The third kappa shape index (κ3) is 2.91. The minimum Gasteiger partial charge on any atom is -0.391 e. The van der Waals surface area contributed by atoms with Crippen LogP contribution in [0.3, 0.4) is 0 Å². The Morgan fingerprint density at radius 3 is 1.33 bits per heavy atom. The normalized spacial score (nSPS) is 39.7. The average molecular weight is 420 g/mol. The lowest BCUT2D eigenvalue weighted by molar-refractivity contribution is -0.156. The molecule has 2 N–H and O–H groups in total. The molecule has 5 saturated heterocycles. The van der Waals surface area contributed by atoms with E-state index in [0.29, 0.717) is 38.8 Å². The molecule has 0 aromatic rings.